The van der Waals surface area contributed by atoms with E-state index in [9.17, 15) is 0 Å². The molecule has 0 spiro atoms. The maximum absolute atomic E-state index is 5.43. The van der Waals surface area contributed by atoms with Gasteiger partial charge in [-0.2, -0.15) is 0 Å². The van der Waals surface area contributed by atoms with E-state index in [1.54, 1.807) is 22.7 Å². The van der Waals surface area contributed by atoms with E-state index in [1.807, 2.05) is 14.1 Å². The second-order valence-electron chi connectivity index (χ2n) is 2.64. The predicted octanol–water partition coefficient (Wildman–Crippen LogP) is -2.38. The number of fused-ring (bicyclic) bond motifs is 1. The Kier molecular flexibility index (Phi) is 3.75. The number of nitrogens with zero attached hydrogens (tertiary/aromatic N) is 1. The number of hydrogen-bond acceptors (Lipinski definition) is 4. The first-order chi connectivity index (χ1) is 5.77. The van der Waals surface area contributed by atoms with Gasteiger partial charge in [0.2, 0.25) is 10.1 Å². The lowest BCUT2D eigenvalue weighted by atomic mass is 10.7. The molecule has 0 atom stereocenters. The third kappa shape index (κ3) is 2.24. The number of rotatable bonds is 0. The average molecular weight is 284 g/mol. The van der Waals surface area contributed by atoms with E-state index in [1.165, 1.54) is 3.98 Å². The first-order valence-electron chi connectivity index (χ1n) is 3.67. The minimum absolute atomic E-state index is 0. The van der Waals surface area contributed by atoms with E-state index in [2.05, 4.69) is 4.58 Å². The standard InChI is InChI=1S/C7H10NO2S2.BrH/c1-8(2)7-11-5-6(12-7)10-4-3-9-5;/h3-4H2,1-2H3;1H/q+1;/p-1. The van der Waals surface area contributed by atoms with Crippen molar-refractivity contribution in [3.63, 3.8) is 0 Å². The maximum Gasteiger partial charge on any atom is 0.320 e. The van der Waals surface area contributed by atoms with Crippen molar-refractivity contribution in [2.24, 2.45) is 0 Å². The molecule has 0 fully saturated rings. The van der Waals surface area contributed by atoms with Crippen LogP contribution in [0.4, 0.5) is 0 Å². The van der Waals surface area contributed by atoms with Gasteiger partial charge in [0.15, 0.2) is 0 Å². The summed E-state index contributed by atoms with van der Waals surface area (Å²) < 4.78 is 14.1. The van der Waals surface area contributed by atoms with Gasteiger partial charge in [0.05, 0.1) is 0 Å². The van der Waals surface area contributed by atoms with Crippen LogP contribution in [0.2, 0.25) is 0 Å². The van der Waals surface area contributed by atoms with Crippen LogP contribution in [-0.4, -0.2) is 27.3 Å². The van der Waals surface area contributed by atoms with Crippen molar-refractivity contribution in [1.82, 2.24) is 4.58 Å². The second-order valence-corrected chi connectivity index (χ2v) is 4.82. The molecule has 0 bridgehead atoms. The van der Waals surface area contributed by atoms with Gasteiger partial charge in [-0.3, -0.25) is 0 Å². The highest BCUT2D eigenvalue weighted by molar-refractivity contribution is 7.29. The Morgan fingerprint density at radius 2 is 1.54 bits per heavy atom. The first-order valence-corrected chi connectivity index (χ1v) is 5.30. The molecule has 0 saturated heterocycles. The van der Waals surface area contributed by atoms with Gasteiger partial charge < -0.3 is 26.5 Å². The van der Waals surface area contributed by atoms with Crippen LogP contribution in [0.15, 0.2) is 0 Å². The van der Waals surface area contributed by atoms with Crippen molar-refractivity contribution >= 4 is 22.7 Å². The summed E-state index contributed by atoms with van der Waals surface area (Å²) in [7, 11) is 4.04. The van der Waals surface area contributed by atoms with Crippen LogP contribution < -0.4 is 35.0 Å². The van der Waals surface area contributed by atoms with E-state index in [0.29, 0.717) is 13.2 Å². The second kappa shape index (κ2) is 4.43. The third-order valence-electron chi connectivity index (χ3n) is 1.44. The fraction of sp³-hybridized carbons (Fsp3) is 0.571. The molecule has 6 heteroatoms. The van der Waals surface area contributed by atoms with Gasteiger partial charge in [-0.25, -0.2) is 4.58 Å². The van der Waals surface area contributed by atoms with Crippen molar-refractivity contribution in [3.05, 3.63) is 3.98 Å². The Bertz CT molecular complexity index is 327. The maximum atomic E-state index is 5.43. The number of hydrogen-bond donors (Lipinski definition) is 0. The zero-order chi connectivity index (χ0) is 8.55. The summed E-state index contributed by atoms with van der Waals surface area (Å²) in [5.74, 6) is 0. The van der Waals surface area contributed by atoms with Crippen molar-refractivity contribution in [3.8, 4) is 10.1 Å². The predicted molar refractivity (Wildman–Crippen MR) is 50.3 cm³/mol. The smallest absolute Gasteiger partial charge is 0.320 e. The highest BCUT2D eigenvalue weighted by atomic mass is 79.9. The van der Waals surface area contributed by atoms with Crippen LogP contribution in [0.1, 0.15) is 0 Å². The third-order valence-corrected chi connectivity index (χ3v) is 4.13. The van der Waals surface area contributed by atoms with Crippen LogP contribution in [-0.2, 0) is 0 Å². The summed E-state index contributed by atoms with van der Waals surface area (Å²) in [5, 5.41) is 1.85. The molecule has 74 valence electrons. The lowest BCUT2D eigenvalue weighted by molar-refractivity contribution is -0.00000293. The topological polar surface area (TPSA) is 21.5 Å². The van der Waals surface area contributed by atoms with E-state index in [-0.39, 0.29) is 17.0 Å². The summed E-state index contributed by atoms with van der Waals surface area (Å²) >= 11 is 3.28. The van der Waals surface area contributed by atoms with E-state index in [0.717, 1.165) is 10.1 Å². The van der Waals surface area contributed by atoms with Gasteiger partial charge in [-0.15, -0.1) is 0 Å². The zero-order valence-corrected chi connectivity index (χ0v) is 10.6. The van der Waals surface area contributed by atoms with Crippen LogP contribution in [0.25, 0.3) is 0 Å². The normalized spacial score (nSPS) is 13.4. The molecule has 2 rings (SSSR count). The molecule has 0 saturated carbocycles. The van der Waals surface area contributed by atoms with Crippen LogP contribution in [0, 0.1) is 0 Å². The fourth-order valence-corrected chi connectivity index (χ4v) is 3.01. The molecule has 1 aliphatic rings. The highest BCUT2D eigenvalue weighted by Crippen LogP contribution is 2.36. The highest BCUT2D eigenvalue weighted by Gasteiger charge is 2.17. The number of halogens is 1. The average Bonchev–Trinajstić information content (AvgIpc) is 2.46. The summed E-state index contributed by atoms with van der Waals surface area (Å²) in [6, 6.07) is 0. The summed E-state index contributed by atoms with van der Waals surface area (Å²) in [4.78, 5) is 0. The van der Waals surface area contributed by atoms with Gasteiger partial charge in [0.1, 0.15) is 27.3 Å². The molecule has 0 radical (unpaired) electrons. The molecule has 2 heterocycles. The lowest BCUT2D eigenvalue weighted by Gasteiger charge is -2.11. The zero-order valence-electron chi connectivity index (χ0n) is 7.37. The molecule has 13 heavy (non-hydrogen) atoms. The van der Waals surface area contributed by atoms with Gasteiger partial charge in [-0.05, 0) is 22.7 Å². The summed E-state index contributed by atoms with van der Waals surface area (Å²) in [5.41, 5.74) is 0. The van der Waals surface area contributed by atoms with E-state index in [4.69, 9.17) is 9.47 Å². The molecule has 3 nitrogen and oxygen atoms in total. The SMILES string of the molecule is C[N+](C)=c1sc2c(s1)OCCO2.[Br-]. The molecule has 1 aliphatic heterocycles. The summed E-state index contributed by atoms with van der Waals surface area (Å²) in [6.07, 6.45) is 0. The first kappa shape index (κ1) is 11.0. The van der Waals surface area contributed by atoms with E-state index >= 15 is 0 Å². The Morgan fingerprint density at radius 1 is 1.08 bits per heavy atom. The molecule has 0 aromatic carbocycles. The molecule has 0 unspecified atom stereocenters. The van der Waals surface area contributed by atoms with Gasteiger partial charge in [0.25, 0.3) is 0 Å². The molecular weight excluding hydrogens is 274 g/mol. The summed E-state index contributed by atoms with van der Waals surface area (Å²) in [6.45, 7) is 1.35. The van der Waals surface area contributed by atoms with Crippen LogP contribution >= 0.6 is 22.7 Å². The number of ether oxygens (including phenoxy) is 2. The minimum atomic E-state index is 0. The Hall–Kier alpha value is -0.0700. The van der Waals surface area contributed by atoms with Crippen LogP contribution in [0.3, 0.4) is 0 Å². The molecular formula is C7H10BrNO2S2. The molecule has 1 aromatic rings. The van der Waals surface area contributed by atoms with Crippen molar-refractivity contribution < 1.29 is 26.5 Å². The molecule has 0 aliphatic carbocycles. The van der Waals surface area contributed by atoms with Gasteiger partial charge in [0, 0.05) is 0 Å². The molecule has 0 amide bonds. The van der Waals surface area contributed by atoms with Crippen LogP contribution in [0.5, 0.6) is 10.1 Å². The van der Waals surface area contributed by atoms with E-state index < -0.39 is 0 Å². The monoisotopic (exact) mass is 283 g/mol. The molecule has 1 aromatic heterocycles. The van der Waals surface area contributed by atoms with Gasteiger partial charge in [-0.1, -0.05) is 0 Å². The Balaban J connectivity index is 0.000000845. The molecule has 0 N–H and O–H groups in total. The Labute approximate surface area is 95.0 Å². The lowest BCUT2D eigenvalue weighted by Crippen LogP contribution is -3.00. The minimum Gasteiger partial charge on any atom is -1.00 e. The largest absolute Gasteiger partial charge is 1.00 e. The van der Waals surface area contributed by atoms with Gasteiger partial charge >= 0.3 is 3.98 Å². The Morgan fingerprint density at radius 3 is 1.92 bits per heavy atom. The quantitative estimate of drug-likeness (QED) is 0.496. The van der Waals surface area contributed by atoms with Crippen molar-refractivity contribution in [2.45, 2.75) is 0 Å². The van der Waals surface area contributed by atoms with Crippen molar-refractivity contribution in [2.75, 3.05) is 27.3 Å². The fourth-order valence-electron chi connectivity index (χ4n) is 0.891. The van der Waals surface area contributed by atoms with Crippen molar-refractivity contribution in [1.29, 1.82) is 0 Å².